The number of anilines is 1. The fourth-order valence-electron chi connectivity index (χ4n) is 5.29. The molecule has 6 nitrogen and oxygen atoms in total. The Balaban J connectivity index is 1.27. The van der Waals surface area contributed by atoms with E-state index in [4.69, 9.17) is 0 Å². The van der Waals surface area contributed by atoms with Crippen LogP contribution in [0, 0.1) is 11.8 Å². The third-order valence-electron chi connectivity index (χ3n) is 7.28. The maximum Gasteiger partial charge on any atom is 0.416 e. The predicted octanol–water partition coefficient (Wildman–Crippen LogP) is 4.93. The maximum absolute atomic E-state index is 13.0. The summed E-state index contributed by atoms with van der Waals surface area (Å²) >= 11 is 0. The number of rotatable bonds is 7. The number of benzene rings is 1. The number of carboxylic acid groups (broad SMARTS) is 1. The zero-order chi connectivity index (χ0) is 25.0. The first-order valence-corrected chi connectivity index (χ1v) is 12.1. The van der Waals surface area contributed by atoms with E-state index in [1.54, 1.807) is 18.3 Å². The van der Waals surface area contributed by atoms with Gasteiger partial charge in [0.1, 0.15) is 0 Å². The number of pyridine rings is 1. The molecule has 2 N–H and O–H groups in total. The van der Waals surface area contributed by atoms with Crippen molar-refractivity contribution in [2.24, 2.45) is 11.8 Å². The van der Waals surface area contributed by atoms with Gasteiger partial charge in [0.05, 0.1) is 16.8 Å². The van der Waals surface area contributed by atoms with E-state index >= 15 is 0 Å². The number of piperidine rings is 1. The van der Waals surface area contributed by atoms with E-state index in [-0.39, 0.29) is 29.3 Å². The van der Waals surface area contributed by atoms with Crippen LogP contribution >= 0.6 is 0 Å². The molecule has 0 radical (unpaired) electrons. The molecule has 4 rings (SSSR count). The third-order valence-corrected chi connectivity index (χ3v) is 7.28. The van der Waals surface area contributed by atoms with Crippen LogP contribution in [0.5, 0.6) is 0 Å². The number of carbonyl (C=O) groups is 2. The van der Waals surface area contributed by atoms with Gasteiger partial charge in [-0.15, -0.1) is 0 Å². The number of nitrogens with one attached hydrogen (secondary N) is 1. The molecule has 35 heavy (non-hydrogen) atoms. The van der Waals surface area contributed by atoms with Gasteiger partial charge >= 0.3 is 12.1 Å². The number of nitrogens with zero attached hydrogens (tertiary/aromatic N) is 2. The fourth-order valence-corrected chi connectivity index (χ4v) is 5.29. The molecule has 1 aromatic carbocycles. The van der Waals surface area contributed by atoms with E-state index in [0.29, 0.717) is 38.0 Å². The van der Waals surface area contributed by atoms with Crippen molar-refractivity contribution in [1.82, 2.24) is 10.3 Å². The fraction of sp³-hybridized carbons (Fsp3) is 0.500. The zero-order valence-corrected chi connectivity index (χ0v) is 19.4. The van der Waals surface area contributed by atoms with E-state index in [2.05, 4.69) is 10.3 Å². The Kier molecular flexibility index (Phi) is 7.62. The summed E-state index contributed by atoms with van der Waals surface area (Å²) in [5, 5.41) is 12.6. The molecule has 1 saturated heterocycles. The number of aromatic carboxylic acids is 1. The lowest BCUT2D eigenvalue weighted by Gasteiger charge is -2.34. The normalized spacial score (nSPS) is 21.2. The third kappa shape index (κ3) is 6.13. The standard InChI is InChI=1S/C26H30F3N3O3/c27-26(28,29)19-7-9-20(10-8-19)32-15-12-18(13-16-32)24(33)31-22-5-1-3-17(22)6-11-23-21(25(34)35)4-2-14-30-23/h2,4,7-10,14,17-18,22H,1,3,5-6,11-13,15-16H2,(H,31,33)(H,34,35)/t17?,22-/m0/s1. The van der Waals surface area contributed by atoms with E-state index in [1.165, 1.54) is 12.1 Å². The summed E-state index contributed by atoms with van der Waals surface area (Å²) in [5.74, 6) is -0.767. The smallest absolute Gasteiger partial charge is 0.416 e. The highest BCUT2D eigenvalue weighted by molar-refractivity contribution is 5.88. The van der Waals surface area contributed by atoms with Gasteiger partial charge in [0.25, 0.3) is 0 Å². The predicted molar refractivity (Wildman–Crippen MR) is 125 cm³/mol. The average molecular weight is 490 g/mol. The Morgan fingerprint density at radius 3 is 2.43 bits per heavy atom. The number of halogens is 3. The zero-order valence-electron chi connectivity index (χ0n) is 19.4. The van der Waals surface area contributed by atoms with Crippen LogP contribution in [-0.2, 0) is 17.4 Å². The second-order valence-corrected chi connectivity index (χ2v) is 9.45. The van der Waals surface area contributed by atoms with Crippen LogP contribution in [0.4, 0.5) is 18.9 Å². The summed E-state index contributed by atoms with van der Waals surface area (Å²) in [6.45, 7) is 1.24. The molecule has 1 saturated carbocycles. The molecule has 1 aromatic heterocycles. The molecule has 1 amide bonds. The molecule has 2 aliphatic rings. The van der Waals surface area contributed by atoms with Gasteiger partial charge in [0.2, 0.25) is 5.91 Å². The molecule has 1 aliphatic carbocycles. The van der Waals surface area contributed by atoms with Gasteiger partial charge in [0, 0.05) is 36.9 Å². The number of hydrogen-bond acceptors (Lipinski definition) is 4. The largest absolute Gasteiger partial charge is 0.478 e. The van der Waals surface area contributed by atoms with Crippen molar-refractivity contribution in [2.75, 3.05) is 18.0 Å². The lowest BCUT2D eigenvalue weighted by molar-refractivity contribution is -0.137. The highest BCUT2D eigenvalue weighted by atomic mass is 19.4. The monoisotopic (exact) mass is 489 g/mol. The molecule has 9 heteroatoms. The first kappa shape index (κ1) is 25.0. The Bertz CT molecular complexity index is 1030. The molecule has 0 bridgehead atoms. The minimum atomic E-state index is -4.35. The summed E-state index contributed by atoms with van der Waals surface area (Å²) in [6.07, 6.45) is 2.82. The van der Waals surface area contributed by atoms with E-state index < -0.39 is 17.7 Å². The van der Waals surface area contributed by atoms with Crippen LogP contribution in [-0.4, -0.2) is 41.1 Å². The van der Waals surface area contributed by atoms with E-state index in [1.807, 2.05) is 4.90 Å². The van der Waals surface area contributed by atoms with Gasteiger partial charge in [-0.05, 0) is 80.8 Å². The highest BCUT2D eigenvalue weighted by Gasteiger charge is 2.33. The molecule has 2 atom stereocenters. The molecule has 1 aliphatic heterocycles. The van der Waals surface area contributed by atoms with Crippen molar-refractivity contribution in [3.05, 3.63) is 59.4 Å². The van der Waals surface area contributed by atoms with Crippen LogP contribution in [0.15, 0.2) is 42.6 Å². The minimum absolute atomic E-state index is 0.0398. The molecule has 188 valence electrons. The van der Waals surface area contributed by atoms with Crippen molar-refractivity contribution in [2.45, 2.75) is 57.2 Å². The van der Waals surface area contributed by atoms with Crippen molar-refractivity contribution in [1.29, 1.82) is 0 Å². The van der Waals surface area contributed by atoms with E-state index in [9.17, 15) is 27.9 Å². The molecule has 1 unspecified atom stereocenters. The lowest BCUT2D eigenvalue weighted by Crippen LogP contribution is -2.45. The van der Waals surface area contributed by atoms with Crippen molar-refractivity contribution in [3.63, 3.8) is 0 Å². The SMILES string of the molecule is O=C(O)c1cccnc1CCC1CCC[C@@H]1NC(=O)C1CCN(c2ccc(C(F)(F)F)cc2)CC1. The van der Waals surface area contributed by atoms with Crippen molar-refractivity contribution in [3.8, 4) is 0 Å². The number of hydrogen-bond donors (Lipinski definition) is 2. The summed E-state index contributed by atoms with van der Waals surface area (Å²) in [5.41, 5.74) is 0.880. The van der Waals surface area contributed by atoms with Gasteiger partial charge < -0.3 is 15.3 Å². The quantitative estimate of drug-likeness (QED) is 0.576. The van der Waals surface area contributed by atoms with Crippen molar-refractivity contribution >= 4 is 17.6 Å². The van der Waals surface area contributed by atoms with Crippen molar-refractivity contribution < 1.29 is 27.9 Å². The van der Waals surface area contributed by atoms with Crippen LogP contribution in [0.25, 0.3) is 0 Å². The molecular weight excluding hydrogens is 459 g/mol. The first-order valence-electron chi connectivity index (χ1n) is 12.1. The number of amides is 1. The lowest BCUT2D eigenvalue weighted by atomic mass is 9.92. The topological polar surface area (TPSA) is 82.5 Å². The summed E-state index contributed by atoms with van der Waals surface area (Å²) in [7, 11) is 0. The molecule has 2 heterocycles. The number of carboxylic acids is 1. The number of aryl methyl sites for hydroxylation is 1. The number of alkyl halides is 3. The Morgan fingerprint density at radius 1 is 1.06 bits per heavy atom. The molecule has 2 fully saturated rings. The average Bonchev–Trinajstić information content (AvgIpc) is 3.29. The Hall–Kier alpha value is -3.10. The molecule has 0 spiro atoms. The Labute approximate surface area is 202 Å². The van der Waals surface area contributed by atoms with Gasteiger partial charge in [-0.1, -0.05) is 6.42 Å². The van der Waals surface area contributed by atoms with Crippen LogP contribution in [0.3, 0.4) is 0 Å². The highest BCUT2D eigenvalue weighted by Crippen LogP contribution is 2.33. The van der Waals surface area contributed by atoms with Gasteiger partial charge in [0.15, 0.2) is 0 Å². The maximum atomic E-state index is 13.0. The first-order chi connectivity index (χ1) is 16.7. The molecule has 2 aromatic rings. The summed E-state index contributed by atoms with van der Waals surface area (Å²) in [4.78, 5) is 30.7. The number of aromatic nitrogens is 1. The second kappa shape index (κ2) is 10.7. The summed E-state index contributed by atoms with van der Waals surface area (Å²) in [6, 6.07) is 8.43. The molecular formula is C26H30F3N3O3. The van der Waals surface area contributed by atoms with Gasteiger partial charge in [-0.25, -0.2) is 4.79 Å². The van der Waals surface area contributed by atoms with Crippen LogP contribution < -0.4 is 10.2 Å². The van der Waals surface area contributed by atoms with Crippen LogP contribution in [0.1, 0.15) is 60.1 Å². The van der Waals surface area contributed by atoms with Gasteiger partial charge in [-0.2, -0.15) is 13.2 Å². The Morgan fingerprint density at radius 2 is 1.77 bits per heavy atom. The van der Waals surface area contributed by atoms with Gasteiger partial charge in [-0.3, -0.25) is 9.78 Å². The summed E-state index contributed by atoms with van der Waals surface area (Å²) < 4.78 is 38.4. The van der Waals surface area contributed by atoms with E-state index in [0.717, 1.165) is 43.5 Å². The minimum Gasteiger partial charge on any atom is -0.478 e. The van der Waals surface area contributed by atoms with Crippen LogP contribution in [0.2, 0.25) is 0 Å². The second-order valence-electron chi connectivity index (χ2n) is 9.45. The number of carbonyl (C=O) groups excluding carboxylic acids is 1.